The lowest BCUT2D eigenvalue weighted by molar-refractivity contribution is -0.138. The van der Waals surface area contributed by atoms with Gasteiger partial charge in [-0.25, -0.2) is 4.98 Å². The van der Waals surface area contributed by atoms with E-state index in [2.05, 4.69) is 20.4 Å². The van der Waals surface area contributed by atoms with Gasteiger partial charge in [-0.2, -0.15) is 11.8 Å². The average molecular weight is 387 g/mol. The first-order valence-corrected chi connectivity index (χ1v) is 8.88. The summed E-state index contributed by atoms with van der Waals surface area (Å²) in [7, 11) is 0. The molecule has 0 aromatic carbocycles. The molecule has 26 heavy (non-hydrogen) atoms. The molecule has 0 aliphatic rings. The monoisotopic (exact) mass is 387 g/mol. The molecule has 3 atom stereocenters. The van der Waals surface area contributed by atoms with E-state index >= 15 is 0 Å². The number of rotatable bonds is 11. The highest BCUT2D eigenvalue weighted by atomic mass is 32.2. The Morgan fingerprint density at radius 2 is 2.12 bits per heavy atom. The van der Waals surface area contributed by atoms with Crippen LogP contribution in [0, 0.1) is 0 Å². The van der Waals surface area contributed by atoms with E-state index in [4.69, 9.17) is 21.3 Å². The minimum atomic E-state index is -1.05. The largest absolute Gasteiger partial charge is 0.480 e. The SMILES string of the molecule is Nc1nnnc2c1ncn2[C@@H](CO)O[C@@H](CO)CSCC[C@@H](N)C(=O)O. The van der Waals surface area contributed by atoms with Crippen LogP contribution in [0.2, 0.25) is 0 Å². The number of thioether (sulfide) groups is 1. The molecule has 2 aromatic heterocycles. The van der Waals surface area contributed by atoms with E-state index in [9.17, 15) is 15.0 Å². The smallest absolute Gasteiger partial charge is 0.320 e. The van der Waals surface area contributed by atoms with E-state index in [1.165, 1.54) is 22.7 Å². The number of imidazole rings is 1. The summed E-state index contributed by atoms with van der Waals surface area (Å²) in [6.45, 7) is -0.670. The van der Waals surface area contributed by atoms with Gasteiger partial charge in [0, 0.05) is 5.75 Å². The number of carboxylic acid groups (broad SMARTS) is 1. The molecular weight excluding hydrogens is 366 g/mol. The summed E-state index contributed by atoms with van der Waals surface area (Å²) < 4.78 is 7.17. The molecule has 0 spiro atoms. The van der Waals surface area contributed by atoms with Crippen molar-refractivity contribution in [1.82, 2.24) is 25.0 Å². The fraction of sp³-hybridized carbons (Fsp3) is 0.615. The summed E-state index contributed by atoms with van der Waals surface area (Å²) in [6.07, 6.45) is 0.249. The molecule has 0 fully saturated rings. The van der Waals surface area contributed by atoms with Gasteiger partial charge in [0.25, 0.3) is 0 Å². The highest BCUT2D eigenvalue weighted by Gasteiger charge is 2.21. The third kappa shape index (κ3) is 4.98. The van der Waals surface area contributed by atoms with E-state index in [0.29, 0.717) is 29.1 Å². The summed E-state index contributed by atoms with van der Waals surface area (Å²) >= 11 is 1.39. The van der Waals surface area contributed by atoms with Gasteiger partial charge in [0.15, 0.2) is 23.2 Å². The van der Waals surface area contributed by atoms with Crippen LogP contribution in [0.3, 0.4) is 0 Å². The van der Waals surface area contributed by atoms with Gasteiger partial charge in [-0.15, -0.1) is 10.2 Å². The molecule has 12 nitrogen and oxygen atoms in total. The fourth-order valence-corrected chi connectivity index (χ4v) is 3.14. The molecule has 0 unspecified atom stereocenters. The van der Waals surface area contributed by atoms with Crippen molar-refractivity contribution in [3.8, 4) is 0 Å². The van der Waals surface area contributed by atoms with Crippen LogP contribution in [0.15, 0.2) is 6.33 Å². The van der Waals surface area contributed by atoms with Gasteiger partial charge in [0.1, 0.15) is 6.04 Å². The molecule has 0 bridgehead atoms. The standard InChI is InChI=1S/C13H21N7O5S/c14-8(13(23)24)1-2-26-5-7(3-21)25-9(4-22)20-6-16-10-11(15)17-19-18-12(10)20/h6-9,21-22H,1-5,14H2,(H,23,24)(H2,15,17,18)/t7-,8+,9+/m0/s1. The second-order valence-electron chi connectivity index (χ2n) is 5.38. The van der Waals surface area contributed by atoms with Crippen LogP contribution in [-0.4, -0.2) is 83.1 Å². The molecular formula is C13H21N7O5S. The van der Waals surface area contributed by atoms with Crippen LogP contribution in [0.4, 0.5) is 5.82 Å². The normalized spacial score (nSPS) is 15.0. The second-order valence-corrected chi connectivity index (χ2v) is 6.53. The maximum atomic E-state index is 10.7. The van der Waals surface area contributed by atoms with Crippen molar-refractivity contribution in [2.24, 2.45) is 5.73 Å². The molecule has 2 rings (SSSR count). The number of carboxylic acids is 1. The van der Waals surface area contributed by atoms with E-state index in [-0.39, 0.29) is 19.0 Å². The Morgan fingerprint density at radius 1 is 1.35 bits per heavy atom. The fourth-order valence-electron chi connectivity index (χ4n) is 2.11. The number of aliphatic hydroxyl groups excluding tert-OH is 2. The van der Waals surface area contributed by atoms with Crippen molar-refractivity contribution in [2.45, 2.75) is 24.8 Å². The number of anilines is 1. The van der Waals surface area contributed by atoms with Crippen LogP contribution in [-0.2, 0) is 9.53 Å². The number of nitrogen functional groups attached to an aromatic ring is 1. The highest BCUT2D eigenvalue weighted by molar-refractivity contribution is 7.99. The predicted molar refractivity (Wildman–Crippen MR) is 93.2 cm³/mol. The molecule has 0 saturated heterocycles. The van der Waals surface area contributed by atoms with E-state index in [1.807, 2.05) is 0 Å². The molecule has 144 valence electrons. The number of aliphatic carboxylic acids is 1. The summed E-state index contributed by atoms with van der Waals surface area (Å²) in [5.74, 6) is -0.0580. The Kier molecular flexibility index (Phi) is 7.47. The molecule has 13 heteroatoms. The van der Waals surface area contributed by atoms with Gasteiger partial charge >= 0.3 is 5.97 Å². The second kappa shape index (κ2) is 9.59. The number of hydrogen-bond acceptors (Lipinski definition) is 11. The first-order chi connectivity index (χ1) is 12.5. The number of hydrogen-bond donors (Lipinski definition) is 5. The molecule has 2 heterocycles. The lowest BCUT2D eigenvalue weighted by atomic mass is 10.2. The van der Waals surface area contributed by atoms with Gasteiger partial charge in [-0.05, 0) is 17.4 Å². The number of ether oxygens (including phenoxy) is 1. The Hall–Kier alpha value is -2.06. The summed E-state index contributed by atoms with van der Waals surface area (Å²) in [5.41, 5.74) is 11.7. The molecule has 7 N–H and O–H groups in total. The minimum Gasteiger partial charge on any atom is -0.480 e. The van der Waals surface area contributed by atoms with Gasteiger partial charge in [0.2, 0.25) is 0 Å². The zero-order valence-corrected chi connectivity index (χ0v) is 14.6. The Balaban J connectivity index is 1.96. The van der Waals surface area contributed by atoms with Crippen LogP contribution < -0.4 is 11.5 Å². The van der Waals surface area contributed by atoms with Gasteiger partial charge in [-0.1, -0.05) is 0 Å². The van der Waals surface area contributed by atoms with E-state index in [0.717, 1.165) is 0 Å². The quantitative estimate of drug-likeness (QED) is 0.272. The molecule has 0 amide bonds. The summed E-state index contributed by atoms with van der Waals surface area (Å²) in [4.78, 5) is 14.7. The first-order valence-electron chi connectivity index (χ1n) is 7.72. The number of nitrogens with zero attached hydrogens (tertiary/aromatic N) is 5. The maximum absolute atomic E-state index is 10.7. The van der Waals surface area contributed by atoms with Crippen molar-refractivity contribution in [3.05, 3.63) is 6.33 Å². The zero-order valence-electron chi connectivity index (χ0n) is 13.8. The lowest BCUT2D eigenvalue weighted by Gasteiger charge is -2.23. The van der Waals surface area contributed by atoms with Gasteiger partial charge in [0.05, 0.1) is 25.6 Å². The van der Waals surface area contributed by atoms with Crippen LogP contribution in [0.25, 0.3) is 11.2 Å². The number of fused-ring (bicyclic) bond motifs is 1. The third-order valence-electron chi connectivity index (χ3n) is 3.52. The third-order valence-corrected chi connectivity index (χ3v) is 4.65. The first kappa shape index (κ1) is 20.3. The minimum absolute atomic E-state index is 0.106. The lowest BCUT2D eigenvalue weighted by Crippen LogP contribution is -2.31. The number of nitrogens with two attached hydrogens (primary N) is 2. The Bertz CT molecular complexity index is 730. The highest BCUT2D eigenvalue weighted by Crippen LogP contribution is 2.21. The van der Waals surface area contributed by atoms with Crippen molar-refractivity contribution in [2.75, 3.05) is 30.5 Å². The number of aromatic nitrogens is 5. The summed E-state index contributed by atoms with van der Waals surface area (Å²) in [5, 5.41) is 38.8. The van der Waals surface area contributed by atoms with Gasteiger partial charge in [-0.3, -0.25) is 9.36 Å². The molecule has 0 aliphatic heterocycles. The average Bonchev–Trinajstić information content (AvgIpc) is 3.06. The molecule has 0 radical (unpaired) electrons. The number of carbonyl (C=O) groups is 1. The zero-order chi connectivity index (χ0) is 19.1. The van der Waals surface area contributed by atoms with E-state index < -0.39 is 24.3 Å². The Labute approximate surface area is 152 Å². The molecule has 2 aromatic rings. The van der Waals surface area contributed by atoms with Crippen molar-refractivity contribution in [1.29, 1.82) is 0 Å². The molecule has 0 aliphatic carbocycles. The molecule has 0 saturated carbocycles. The summed E-state index contributed by atoms with van der Waals surface area (Å²) in [6, 6.07) is -0.920. The topological polar surface area (TPSA) is 196 Å². The number of aliphatic hydroxyl groups is 2. The van der Waals surface area contributed by atoms with Crippen molar-refractivity contribution >= 4 is 34.7 Å². The van der Waals surface area contributed by atoms with Crippen LogP contribution >= 0.6 is 11.8 Å². The van der Waals surface area contributed by atoms with Crippen molar-refractivity contribution in [3.63, 3.8) is 0 Å². The van der Waals surface area contributed by atoms with Crippen LogP contribution in [0.5, 0.6) is 0 Å². The van der Waals surface area contributed by atoms with Gasteiger partial charge < -0.3 is 31.5 Å². The van der Waals surface area contributed by atoms with Crippen LogP contribution in [0.1, 0.15) is 12.6 Å². The Morgan fingerprint density at radius 3 is 2.77 bits per heavy atom. The predicted octanol–water partition coefficient (Wildman–Crippen LogP) is -1.79. The van der Waals surface area contributed by atoms with E-state index in [1.54, 1.807) is 0 Å². The van der Waals surface area contributed by atoms with Crippen molar-refractivity contribution < 1.29 is 24.9 Å². The maximum Gasteiger partial charge on any atom is 0.320 e.